The van der Waals surface area contributed by atoms with E-state index in [1.807, 2.05) is 0 Å². The zero-order valence-corrected chi connectivity index (χ0v) is 14.7. The largest absolute Gasteiger partial charge is 0.470 e. The van der Waals surface area contributed by atoms with Crippen LogP contribution in [0.15, 0.2) is 47.5 Å². The first-order valence-corrected chi connectivity index (χ1v) is 9.46. The summed E-state index contributed by atoms with van der Waals surface area (Å²) in [6.07, 6.45) is 0.964. The molecule has 1 saturated heterocycles. The fourth-order valence-corrected chi connectivity index (χ4v) is 4.82. The van der Waals surface area contributed by atoms with Gasteiger partial charge in [-0.15, -0.1) is 0 Å². The summed E-state index contributed by atoms with van der Waals surface area (Å²) >= 11 is 0. The van der Waals surface area contributed by atoms with Crippen molar-refractivity contribution in [2.45, 2.75) is 17.0 Å². The molecule has 1 fully saturated rings. The summed E-state index contributed by atoms with van der Waals surface area (Å²) in [7, 11) is -2.28. The highest BCUT2D eigenvalue weighted by Crippen LogP contribution is 2.31. The second-order valence-electron chi connectivity index (χ2n) is 6.28. The molecular weight excluding hydrogens is 361 g/mol. The van der Waals surface area contributed by atoms with E-state index in [0.29, 0.717) is 5.56 Å². The minimum atomic E-state index is -3.89. The van der Waals surface area contributed by atoms with E-state index in [-0.39, 0.29) is 29.8 Å². The zero-order chi connectivity index (χ0) is 18.5. The SMILES string of the molecule is CN1C(=O)c2cccnc2O[C@H]2CN(S(=O)(=O)c3cccc(F)c3)C[C@H]21. The smallest absolute Gasteiger partial charge is 0.259 e. The number of rotatable bonds is 2. The Morgan fingerprint density at radius 3 is 2.81 bits per heavy atom. The molecule has 0 N–H and O–H groups in total. The molecule has 1 aromatic heterocycles. The molecule has 1 aromatic carbocycles. The number of carbonyl (C=O) groups is 1. The Balaban J connectivity index is 1.67. The molecule has 1 amide bonds. The van der Waals surface area contributed by atoms with E-state index >= 15 is 0 Å². The maximum absolute atomic E-state index is 13.4. The molecule has 2 atom stereocenters. The van der Waals surface area contributed by atoms with Crippen molar-refractivity contribution in [2.75, 3.05) is 20.1 Å². The van der Waals surface area contributed by atoms with Gasteiger partial charge in [0.1, 0.15) is 17.5 Å². The van der Waals surface area contributed by atoms with E-state index in [1.54, 1.807) is 19.2 Å². The fourth-order valence-electron chi connectivity index (χ4n) is 3.32. The molecule has 4 rings (SSSR count). The van der Waals surface area contributed by atoms with Crippen LogP contribution in [0.25, 0.3) is 0 Å². The quantitative estimate of drug-likeness (QED) is 0.784. The summed E-state index contributed by atoms with van der Waals surface area (Å²) in [5.41, 5.74) is 0.351. The molecule has 2 aliphatic rings. The Morgan fingerprint density at radius 1 is 1.23 bits per heavy atom. The second-order valence-corrected chi connectivity index (χ2v) is 8.21. The average Bonchev–Trinajstić information content (AvgIpc) is 3.02. The maximum Gasteiger partial charge on any atom is 0.259 e. The fraction of sp³-hybridized carbons (Fsp3) is 0.294. The van der Waals surface area contributed by atoms with Crippen molar-refractivity contribution in [1.29, 1.82) is 0 Å². The molecule has 0 bridgehead atoms. The monoisotopic (exact) mass is 377 g/mol. The van der Waals surface area contributed by atoms with Crippen LogP contribution >= 0.6 is 0 Å². The number of hydrogen-bond donors (Lipinski definition) is 0. The number of hydrogen-bond acceptors (Lipinski definition) is 5. The van der Waals surface area contributed by atoms with Gasteiger partial charge in [0.05, 0.1) is 17.5 Å². The highest BCUT2D eigenvalue weighted by atomic mass is 32.2. The van der Waals surface area contributed by atoms with Gasteiger partial charge in [-0.05, 0) is 30.3 Å². The Bertz CT molecular complexity index is 981. The summed E-state index contributed by atoms with van der Waals surface area (Å²) < 4.78 is 46.2. The lowest BCUT2D eigenvalue weighted by Crippen LogP contribution is -2.44. The van der Waals surface area contributed by atoms with E-state index < -0.39 is 28.0 Å². The average molecular weight is 377 g/mol. The summed E-state index contributed by atoms with van der Waals surface area (Å²) in [6, 6.07) is 7.68. The molecule has 0 radical (unpaired) electrons. The Morgan fingerprint density at radius 2 is 2.04 bits per heavy atom. The van der Waals surface area contributed by atoms with Gasteiger partial charge in [-0.25, -0.2) is 17.8 Å². The van der Waals surface area contributed by atoms with Crippen molar-refractivity contribution < 1.29 is 22.3 Å². The van der Waals surface area contributed by atoms with Crippen molar-refractivity contribution >= 4 is 15.9 Å². The van der Waals surface area contributed by atoms with Gasteiger partial charge in [0.15, 0.2) is 0 Å². The summed E-state index contributed by atoms with van der Waals surface area (Å²) in [5, 5.41) is 0. The normalized spacial score (nSPS) is 23.2. The van der Waals surface area contributed by atoms with Crippen molar-refractivity contribution in [2.24, 2.45) is 0 Å². The summed E-state index contributed by atoms with van der Waals surface area (Å²) in [6.45, 7) is 0.122. The highest BCUT2D eigenvalue weighted by Gasteiger charge is 2.46. The predicted octanol–water partition coefficient (Wildman–Crippen LogP) is 1.13. The Hall–Kier alpha value is -2.52. The van der Waals surface area contributed by atoms with E-state index in [9.17, 15) is 17.6 Å². The summed E-state index contributed by atoms with van der Waals surface area (Å²) in [4.78, 5) is 18.1. The molecular formula is C17H16FN3O4S. The van der Waals surface area contributed by atoms with Crippen molar-refractivity contribution in [3.63, 3.8) is 0 Å². The van der Waals surface area contributed by atoms with Crippen LogP contribution in [0.1, 0.15) is 10.4 Å². The van der Waals surface area contributed by atoms with Gasteiger partial charge < -0.3 is 9.64 Å². The summed E-state index contributed by atoms with van der Waals surface area (Å²) in [5.74, 6) is -0.700. The number of pyridine rings is 1. The van der Waals surface area contributed by atoms with Gasteiger partial charge in [0.2, 0.25) is 15.9 Å². The molecule has 0 unspecified atom stereocenters. The minimum absolute atomic E-state index is 0.0527. The molecule has 0 aliphatic carbocycles. The standard InChI is InChI=1S/C17H16FN3O4S/c1-20-14-9-21(26(23,24)12-5-2-4-11(18)8-12)10-15(14)25-16-13(17(20)22)6-3-7-19-16/h2-8,14-15H,9-10H2,1H3/t14-,15+/m1/s1. The predicted molar refractivity (Wildman–Crippen MR) is 89.7 cm³/mol. The van der Waals surface area contributed by atoms with Crippen LogP contribution in [0.2, 0.25) is 0 Å². The number of benzene rings is 1. The number of amides is 1. The van der Waals surface area contributed by atoms with Crippen LogP contribution < -0.4 is 4.74 Å². The Labute approximate surface area is 150 Å². The van der Waals surface area contributed by atoms with E-state index in [0.717, 1.165) is 6.07 Å². The first-order chi connectivity index (χ1) is 12.4. The molecule has 3 heterocycles. The van der Waals surface area contributed by atoms with Gasteiger partial charge in [-0.1, -0.05) is 6.07 Å². The number of carbonyl (C=O) groups excluding carboxylic acids is 1. The lowest BCUT2D eigenvalue weighted by molar-refractivity contribution is 0.0681. The number of aromatic nitrogens is 1. The topological polar surface area (TPSA) is 79.8 Å². The molecule has 0 spiro atoms. The number of nitrogens with zero attached hydrogens (tertiary/aromatic N) is 3. The van der Waals surface area contributed by atoms with Gasteiger partial charge in [0, 0.05) is 19.8 Å². The van der Waals surface area contributed by atoms with Crippen molar-refractivity contribution in [1.82, 2.24) is 14.2 Å². The van der Waals surface area contributed by atoms with Gasteiger partial charge in [-0.2, -0.15) is 4.31 Å². The van der Waals surface area contributed by atoms with Crippen molar-refractivity contribution in [3.05, 3.63) is 54.0 Å². The molecule has 136 valence electrons. The van der Waals surface area contributed by atoms with Crippen LogP contribution in [0.3, 0.4) is 0 Å². The lowest BCUT2D eigenvalue weighted by atomic mass is 10.2. The highest BCUT2D eigenvalue weighted by molar-refractivity contribution is 7.89. The molecule has 2 aliphatic heterocycles. The Kier molecular flexibility index (Phi) is 3.92. The third kappa shape index (κ3) is 2.63. The van der Waals surface area contributed by atoms with Gasteiger partial charge >= 0.3 is 0 Å². The van der Waals surface area contributed by atoms with Crippen molar-refractivity contribution in [3.8, 4) is 5.88 Å². The molecule has 9 heteroatoms. The second kappa shape index (κ2) is 6.03. The van der Waals surface area contributed by atoms with Crippen LogP contribution in [0, 0.1) is 5.82 Å². The lowest BCUT2D eigenvalue weighted by Gasteiger charge is -2.24. The molecule has 2 aromatic rings. The molecule has 26 heavy (non-hydrogen) atoms. The molecule has 0 saturated carbocycles. The number of likely N-dealkylation sites (N-methyl/N-ethyl adjacent to an activating group) is 1. The van der Waals surface area contributed by atoms with E-state index in [2.05, 4.69) is 4.98 Å². The third-order valence-corrected chi connectivity index (χ3v) is 6.55. The van der Waals surface area contributed by atoms with Crippen LogP contribution in [-0.2, 0) is 10.0 Å². The van der Waals surface area contributed by atoms with Gasteiger partial charge in [0.25, 0.3) is 5.91 Å². The maximum atomic E-state index is 13.4. The van der Waals surface area contributed by atoms with Gasteiger partial charge in [-0.3, -0.25) is 4.79 Å². The number of halogens is 1. The number of ether oxygens (including phenoxy) is 1. The minimum Gasteiger partial charge on any atom is -0.470 e. The number of sulfonamides is 1. The molecule has 7 nitrogen and oxygen atoms in total. The van der Waals surface area contributed by atoms with E-state index in [4.69, 9.17) is 4.74 Å². The number of fused-ring (bicyclic) bond motifs is 2. The zero-order valence-electron chi connectivity index (χ0n) is 13.9. The van der Waals surface area contributed by atoms with E-state index in [1.165, 1.54) is 33.6 Å². The first kappa shape index (κ1) is 16.9. The third-order valence-electron chi connectivity index (χ3n) is 4.72. The van der Waals surface area contributed by atoms with Crippen LogP contribution in [0.5, 0.6) is 5.88 Å². The van der Waals surface area contributed by atoms with Crippen LogP contribution in [-0.4, -0.2) is 60.8 Å². The van der Waals surface area contributed by atoms with Crippen LogP contribution in [0.4, 0.5) is 4.39 Å². The first-order valence-electron chi connectivity index (χ1n) is 8.02.